The monoisotopic (exact) mass is 280 g/mol. The summed E-state index contributed by atoms with van der Waals surface area (Å²) in [6.07, 6.45) is 4.85. The maximum absolute atomic E-state index is 12.0. The molecule has 1 aliphatic rings. The van der Waals surface area contributed by atoms with Gasteiger partial charge >= 0.3 is 6.09 Å². The highest BCUT2D eigenvalue weighted by atomic mass is 16.6. The zero-order chi connectivity index (χ0) is 14.8. The van der Waals surface area contributed by atoms with E-state index >= 15 is 0 Å². The Kier molecular flexibility index (Phi) is 4.38. The van der Waals surface area contributed by atoms with Gasteiger partial charge in [-0.05, 0) is 51.2 Å². The smallest absolute Gasteiger partial charge is 0.410 e. The predicted molar refractivity (Wildman–Crippen MR) is 76.3 cm³/mol. The van der Waals surface area contributed by atoms with Crippen molar-refractivity contribution in [2.24, 2.45) is 11.7 Å². The summed E-state index contributed by atoms with van der Waals surface area (Å²) < 4.78 is 10.4. The van der Waals surface area contributed by atoms with Crippen LogP contribution in [0.15, 0.2) is 23.0 Å². The van der Waals surface area contributed by atoms with Gasteiger partial charge in [-0.3, -0.25) is 0 Å². The summed E-state index contributed by atoms with van der Waals surface area (Å²) in [6.45, 7) is 7.03. The van der Waals surface area contributed by atoms with Crippen molar-refractivity contribution in [1.82, 2.24) is 4.90 Å². The van der Waals surface area contributed by atoms with Gasteiger partial charge < -0.3 is 19.8 Å². The Bertz CT molecular complexity index is 436. The second-order valence-electron chi connectivity index (χ2n) is 6.47. The number of carbonyl (C=O) groups is 1. The van der Waals surface area contributed by atoms with E-state index in [1.807, 2.05) is 26.8 Å². The molecule has 1 aromatic heterocycles. The molecule has 0 spiro atoms. The fourth-order valence-electron chi connectivity index (χ4n) is 2.48. The van der Waals surface area contributed by atoms with Gasteiger partial charge in [0, 0.05) is 19.1 Å². The van der Waals surface area contributed by atoms with Crippen molar-refractivity contribution in [3.8, 4) is 0 Å². The minimum atomic E-state index is -0.450. The van der Waals surface area contributed by atoms with E-state index in [-0.39, 0.29) is 12.1 Å². The summed E-state index contributed by atoms with van der Waals surface area (Å²) in [6, 6.07) is 1.97. The van der Waals surface area contributed by atoms with Crippen molar-refractivity contribution in [3.05, 3.63) is 24.2 Å². The Morgan fingerprint density at radius 2 is 2.35 bits per heavy atom. The summed E-state index contributed by atoms with van der Waals surface area (Å²) in [4.78, 5) is 13.7. The molecule has 0 aromatic carbocycles. The maximum Gasteiger partial charge on any atom is 0.410 e. The topological polar surface area (TPSA) is 68.7 Å². The molecule has 2 rings (SSSR count). The molecule has 1 fully saturated rings. The Morgan fingerprint density at radius 3 is 2.95 bits per heavy atom. The summed E-state index contributed by atoms with van der Waals surface area (Å²) in [5.41, 5.74) is 6.89. The molecule has 0 bridgehead atoms. The van der Waals surface area contributed by atoms with Crippen LogP contribution in [-0.2, 0) is 11.2 Å². The van der Waals surface area contributed by atoms with Crippen molar-refractivity contribution < 1.29 is 13.9 Å². The number of amides is 1. The highest BCUT2D eigenvalue weighted by Gasteiger charge is 2.32. The lowest BCUT2D eigenvalue weighted by Crippen LogP contribution is -2.38. The van der Waals surface area contributed by atoms with Gasteiger partial charge in [0.1, 0.15) is 5.60 Å². The van der Waals surface area contributed by atoms with E-state index in [0.29, 0.717) is 12.5 Å². The van der Waals surface area contributed by atoms with E-state index in [1.165, 1.54) is 0 Å². The molecule has 2 unspecified atom stereocenters. The van der Waals surface area contributed by atoms with Crippen LogP contribution >= 0.6 is 0 Å². The van der Waals surface area contributed by atoms with Gasteiger partial charge in [-0.25, -0.2) is 4.79 Å². The second kappa shape index (κ2) is 5.87. The lowest BCUT2D eigenvalue weighted by atomic mass is 9.95. The first-order valence-corrected chi connectivity index (χ1v) is 7.10. The molecule has 1 amide bonds. The van der Waals surface area contributed by atoms with Gasteiger partial charge in [-0.15, -0.1) is 0 Å². The summed E-state index contributed by atoms with van der Waals surface area (Å²) >= 11 is 0. The molecule has 5 heteroatoms. The fourth-order valence-corrected chi connectivity index (χ4v) is 2.48. The van der Waals surface area contributed by atoms with Crippen molar-refractivity contribution in [2.45, 2.75) is 45.3 Å². The van der Waals surface area contributed by atoms with Gasteiger partial charge in [0.15, 0.2) is 0 Å². The predicted octanol–water partition coefficient (Wildman–Crippen LogP) is 2.41. The van der Waals surface area contributed by atoms with E-state index in [2.05, 4.69) is 0 Å². The van der Waals surface area contributed by atoms with E-state index in [1.54, 1.807) is 17.4 Å². The number of hydrogen-bond donors (Lipinski definition) is 1. The van der Waals surface area contributed by atoms with Crippen LogP contribution in [0.5, 0.6) is 0 Å². The van der Waals surface area contributed by atoms with Crippen LogP contribution < -0.4 is 5.73 Å². The number of ether oxygens (including phenoxy) is 1. The van der Waals surface area contributed by atoms with Crippen LogP contribution in [-0.4, -0.2) is 35.7 Å². The molecule has 1 saturated heterocycles. The largest absolute Gasteiger partial charge is 0.472 e. The first-order valence-electron chi connectivity index (χ1n) is 7.10. The molecule has 0 saturated carbocycles. The Morgan fingerprint density at radius 1 is 1.60 bits per heavy atom. The zero-order valence-corrected chi connectivity index (χ0v) is 12.5. The summed E-state index contributed by atoms with van der Waals surface area (Å²) in [7, 11) is 0. The van der Waals surface area contributed by atoms with Crippen molar-refractivity contribution in [1.29, 1.82) is 0 Å². The first kappa shape index (κ1) is 14.9. The normalized spacial score (nSPS) is 21.0. The molecule has 2 N–H and O–H groups in total. The zero-order valence-electron chi connectivity index (χ0n) is 12.5. The lowest BCUT2D eigenvalue weighted by molar-refractivity contribution is 0.0286. The molecular weight excluding hydrogens is 256 g/mol. The molecule has 112 valence electrons. The van der Waals surface area contributed by atoms with Crippen LogP contribution in [0.25, 0.3) is 0 Å². The van der Waals surface area contributed by atoms with Gasteiger partial charge in [-0.2, -0.15) is 0 Å². The quantitative estimate of drug-likeness (QED) is 0.923. The molecule has 1 aliphatic heterocycles. The number of likely N-dealkylation sites (tertiary alicyclic amines) is 1. The van der Waals surface area contributed by atoms with Crippen LogP contribution in [0, 0.1) is 5.92 Å². The minimum Gasteiger partial charge on any atom is -0.472 e. The molecule has 2 atom stereocenters. The average molecular weight is 280 g/mol. The lowest BCUT2D eigenvalue weighted by Gasteiger charge is -2.25. The van der Waals surface area contributed by atoms with Crippen LogP contribution in [0.3, 0.4) is 0 Å². The first-order chi connectivity index (χ1) is 9.35. The summed E-state index contributed by atoms with van der Waals surface area (Å²) in [5.74, 6) is 0.317. The minimum absolute atomic E-state index is 0.0417. The van der Waals surface area contributed by atoms with Crippen molar-refractivity contribution in [2.75, 3.05) is 13.1 Å². The average Bonchev–Trinajstić information content (AvgIpc) is 2.96. The SMILES string of the molecule is CC(C)(C)OC(=O)N1CCC(C(N)Cc2ccoc2)C1. The van der Waals surface area contributed by atoms with Crippen LogP contribution in [0.1, 0.15) is 32.8 Å². The molecule has 20 heavy (non-hydrogen) atoms. The summed E-state index contributed by atoms with van der Waals surface area (Å²) in [5, 5.41) is 0. The van der Waals surface area contributed by atoms with Crippen molar-refractivity contribution >= 4 is 6.09 Å². The van der Waals surface area contributed by atoms with Crippen LogP contribution in [0.4, 0.5) is 4.79 Å². The molecule has 0 aliphatic carbocycles. The van der Waals surface area contributed by atoms with Crippen LogP contribution in [0.2, 0.25) is 0 Å². The molecule has 2 heterocycles. The van der Waals surface area contributed by atoms with E-state index < -0.39 is 5.60 Å². The van der Waals surface area contributed by atoms with Crippen molar-refractivity contribution in [3.63, 3.8) is 0 Å². The number of furan rings is 1. The molecule has 0 radical (unpaired) electrons. The third-order valence-electron chi connectivity index (χ3n) is 3.53. The number of nitrogens with zero attached hydrogens (tertiary/aromatic N) is 1. The van der Waals surface area contributed by atoms with Gasteiger partial charge in [0.05, 0.1) is 12.5 Å². The highest BCUT2D eigenvalue weighted by Crippen LogP contribution is 2.23. The number of rotatable bonds is 3. The fraction of sp³-hybridized carbons (Fsp3) is 0.667. The molecular formula is C15H24N2O3. The third kappa shape index (κ3) is 4.00. The molecule has 1 aromatic rings. The third-order valence-corrected chi connectivity index (χ3v) is 3.53. The Balaban J connectivity index is 1.84. The highest BCUT2D eigenvalue weighted by molar-refractivity contribution is 5.68. The number of nitrogens with two attached hydrogens (primary N) is 1. The Labute approximate surface area is 120 Å². The van der Waals surface area contributed by atoms with Gasteiger partial charge in [-0.1, -0.05) is 0 Å². The van der Waals surface area contributed by atoms with E-state index in [9.17, 15) is 4.79 Å². The van der Waals surface area contributed by atoms with Gasteiger partial charge in [0.2, 0.25) is 0 Å². The maximum atomic E-state index is 12.0. The Hall–Kier alpha value is -1.49. The molecule has 5 nitrogen and oxygen atoms in total. The number of hydrogen-bond acceptors (Lipinski definition) is 4. The van der Waals surface area contributed by atoms with Gasteiger partial charge in [0.25, 0.3) is 0 Å². The number of carbonyl (C=O) groups excluding carboxylic acids is 1. The standard InChI is InChI=1S/C15H24N2O3/c1-15(2,3)20-14(18)17-6-4-12(9-17)13(16)8-11-5-7-19-10-11/h5,7,10,12-13H,4,6,8-9,16H2,1-3H3. The van der Waals surface area contributed by atoms with E-state index in [0.717, 1.165) is 24.9 Å². The van der Waals surface area contributed by atoms with E-state index in [4.69, 9.17) is 14.9 Å². The second-order valence-corrected chi connectivity index (χ2v) is 6.47.